The van der Waals surface area contributed by atoms with Crippen molar-refractivity contribution in [1.82, 2.24) is 9.88 Å². The van der Waals surface area contributed by atoms with Gasteiger partial charge in [0.2, 0.25) is 0 Å². The number of aromatic amines is 1. The van der Waals surface area contributed by atoms with Crippen molar-refractivity contribution in [1.29, 1.82) is 0 Å². The second-order valence-corrected chi connectivity index (χ2v) is 9.36. The lowest BCUT2D eigenvalue weighted by Gasteiger charge is -2.15. The number of hydrogen-bond donors (Lipinski definition) is 1. The molecular formula is C28H24N4O4S. The summed E-state index contributed by atoms with van der Waals surface area (Å²) in [6, 6.07) is 21.6. The largest absolute Gasteiger partial charge is 0.494 e. The van der Waals surface area contributed by atoms with E-state index in [1.54, 1.807) is 17.0 Å². The number of rotatable bonds is 8. The molecule has 8 nitrogen and oxygen atoms in total. The van der Waals surface area contributed by atoms with Gasteiger partial charge in [-0.15, -0.1) is 0 Å². The monoisotopic (exact) mass is 512 g/mol. The molecule has 4 aromatic rings. The normalized spacial score (nSPS) is 15.7. The highest BCUT2D eigenvalue weighted by atomic mass is 32.2. The highest BCUT2D eigenvalue weighted by molar-refractivity contribution is 8.18. The number of fused-ring (bicyclic) bond motifs is 1. The quantitative estimate of drug-likeness (QED) is 0.169. The molecule has 0 bridgehead atoms. The summed E-state index contributed by atoms with van der Waals surface area (Å²) in [7, 11) is 0. The van der Waals surface area contributed by atoms with E-state index in [9.17, 15) is 14.9 Å². The zero-order valence-electron chi connectivity index (χ0n) is 20.1. The molecule has 1 saturated heterocycles. The van der Waals surface area contributed by atoms with Crippen molar-refractivity contribution in [2.24, 2.45) is 4.99 Å². The summed E-state index contributed by atoms with van der Waals surface area (Å²) in [6.07, 6.45) is 4.47. The highest BCUT2D eigenvalue weighted by Crippen LogP contribution is 2.35. The molecule has 2 heterocycles. The number of carbonyl (C=O) groups excluding carboxylic acids is 1. The van der Waals surface area contributed by atoms with Gasteiger partial charge in [0.05, 0.1) is 22.1 Å². The van der Waals surface area contributed by atoms with E-state index in [-0.39, 0.29) is 11.6 Å². The van der Waals surface area contributed by atoms with Gasteiger partial charge in [-0.1, -0.05) is 30.3 Å². The first-order chi connectivity index (χ1) is 18.0. The molecule has 0 saturated carbocycles. The first-order valence-corrected chi connectivity index (χ1v) is 12.7. The number of amidine groups is 1. The zero-order valence-corrected chi connectivity index (χ0v) is 20.9. The Balaban J connectivity index is 1.43. The van der Waals surface area contributed by atoms with Crippen LogP contribution in [0.2, 0.25) is 0 Å². The van der Waals surface area contributed by atoms with Crippen molar-refractivity contribution >= 4 is 51.2 Å². The lowest BCUT2D eigenvalue weighted by atomic mass is 10.1. The number of thioether (sulfide) groups is 1. The summed E-state index contributed by atoms with van der Waals surface area (Å²) in [5.74, 6) is 0.648. The van der Waals surface area contributed by atoms with Crippen LogP contribution < -0.4 is 4.74 Å². The molecule has 9 heteroatoms. The van der Waals surface area contributed by atoms with Gasteiger partial charge in [-0.3, -0.25) is 19.8 Å². The standard InChI is InChI=1S/C28H24N4O4S/c1-2-36-23-13-7-19(8-14-23)17-26-27(33)31(16-15-20-18-29-25-6-4-3-5-24(20)25)28(37-26)30-21-9-11-22(12-10-21)32(34)35/h3-14,17-18,29H,2,15-16H2,1H3/b26-17-,30-28?. The number of benzene rings is 3. The Hall–Kier alpha value is -4.37. The molecule has 1 aliphatic heterocycles. The zero-order chi connectivity index (χ0) is 25.8. The second-order valence-electron chi connectivity index (χ2n) is 8.35. The number of aromatic nitrogens is 1. The number of non-ortho nitro benzene ring substituents is 1. The molecule has 1 amide bonds. The van der Waals surface area contributed by atoms with E-state index in [0.717, 1.165) is 27.8 Å². The molecule has 186 valence electrons. The number of nitrogens with zero attached hydrogens (tertiary/aromatic N) is 3. The number of H-pyrrole nitrogens is 1. The lowest BCUT2D eigenvalue weighted by molar-refractivity contribution is -0.384. The number of hydrogen-bond acceptors (Lipinski definition) is 6. The Bertz CT molecular complexity index is 1510. The van der Waals surface area contributed by atoms with Crippen LogP contribution in [0.4, 0.5) is 11.4 Å². The van der Waals surface area contributed by atoms with Gasteiger partial charge in [0, 0.05) is 35.8 Å². The number of para-hydroxylation sites is 1. The van der Waals surface area contributed by atoms with Crippen LogP contribution in [-0.2, 0) is 11.2 Å². The maximum absolute atomic E-state index is 13.5. The fraction of sp³-hybridized carbons (Fsp3) is 0.143. The van der Waals surface area contributed by atoms with Gasteiger partial charge in [-0.2, -0.15) is 0 Å². The van der Waals surface area contributed by atoms with Crippen molar-refractivity contribution in [2.75, 3.05) is 13.2 Å². The van der Waals surface area contributed by atoms with Crippen molar-refractivity contribution in [2.45, 2.75) is 13.3 Å². The molecule has 0 aliphatic carbocycles. The summed E-state index contributed by atoms with van der Waals surface area (Å²) in [4.78, 5) is 34.2. The van der Waals surface area contributed by atoms with Crippen molar-refractivity contribution in [3.05, 3.63) is 105 Å². The number of amides is 1. The number of aliphatic imine (C=N–C) groups is 1. The van der Waals surface area contributed by atoms with Crippen LogP contribution in [0, 0.1) is 10.1 Å². The van der Waals surface area contributed by atoms with Gasteiger partial charge in [0.1, 0.15) is 5.75 Å². The maximum Gasteiger partial charge on any atom is 0.269 e. The molecule has 0 radical (unpaired) electrons. The molecule has 1 aromatic heterocycles. The molecule has 0 spiro atoms. The number of nitrogens with one attached hydrogen (secondary N) is 1. The molecule has 0 unspecified atom stereocenters. The Kier molecular flexibility index (Phi) is 7.04. The molecular weight excluding hydrogens is 488 g/mol. The Labute approximate surface area is 217 Å². The van der Waals surface area contributed by atoms with Crippen LogP contribution >= 0.6 is 11.8 Å². The summed E-state index contributed by atoms with van der Waals surface area (Å²) < 4.78 is 5.51. The van der Waals surface area contributed by atoms with Crippen LogP contribution in [0.1, 0.15) is 18.1 Å². The third-order valence-corrected chi connectivity index (χ3v) is 6.95. The number of nitro groups is 1. The summed E-state index contributed by atoms with van der Waals surface area (Å²) in [6.45, 7) is 2.96. The number of ether oxygens (including phenoxy) is 1. The minimum atomic E-state index is -0.448. The van der Waals surface area contributed by atoms with Crippen molar-refractivity contribution in [3.8, 4) is 5.75 Å². The SMILES string of the molecule is CCOc1ccc(/C=C2\SC(=Nc3ccc([N+](=O)[O-])cc3)N(CCc3c[nH]c4ccccc34)C2=O)cc1. The van der Waals surface area contributed by atoms with Crippen LogP contribution in [-0.4, -0.2) is 39.0 Å². The Morgan fingerprint density at radius 1 is 1.08 bits per heavy atom. The van der Waals surface area contributed by atoms with E-state index in [1.807, 2.05) is 61.7 Å². The van der Waals surface area contributed by atoms with Crippen LogP contribution in [0.3, 0.4) is 0 Å². The van der Waals surface area contributed by atoms with E-state index in [0.29, 0.717) is 35.3 Å². The number of nitro benzene ring substituents is 1. The molecule has 1 N–H and O–H groups in total. The van der Waals surface area contributed by atoms with Crippen LogP contribution in [0.5, 0.6) is 5.75 Å². The second kappa shape index (κ2) is 10.7. The van der Waals surface area contributed by atoms with Gasteiger partial charge in [-0.05, 0) is 72.6 Å². The van der Waals surface area contributed by atoms with Gasteiger partial charge in [-0.25, -0.2) is 4.99 Å². The summed E-state index contributed by atoms with van der Waals surface area (Å²) in [5, 5.41) is 12.7. The van der Waals surface area contributed by atoms with Gasteiger partial charge in [0.15, 0.2) is 5.17 Å². The minimum absolute atomic E-state index is 0.00798. The van der Waals surface area contributed by atoms with Crippen LogP contribution in [0.15, 0.2) is 88.9 Å². The molecule has 1 fully saturated rings. The van der Waals surface area contributed by atoms with Crippen molar-refractivity contribution < 1.29 is 14.5 Å². The first kappa shape index (κ1) is 24.3. The van der Waals surface area contributed by atoms with E-state index >= 15 is 0 Å². The average molecular weight is 513 g/mol. The van der Waals surface area contributed by atoms with Gasteiger partial charge < -0.3 is 9.72 Å². The molecule has 0 atom stereocenters. The van der Waals surface area contributed by atoms with E-state index in [1.165, 1.54) is 23.9 Å². The maximum atomic E-state index is 13.5. The fourth-order valence-corrected chi connectivity index (χ4v) is 5.12. The predicted octanol–water partition coefficient (Wildman–Crippen LogP) is 6.32. The first-order valence-electron chi connectivity index (χ1n) is 11.8. The van der Waals surface area contributed by atoms with Gasteiger partial charge in [0.25, 0.3) is 11.6 Å². The molecule has 3 aromatic carbocycles. The fourth-order valence-electron chi connectivity index (χ4n) is 4.10. The Morgan fingerprint density at radius 2 is 1.84 bits per heavy atom. The van der Waals surface area contributed by atoms with E-state index < -0.39 is 4.92 Å². The smallest absolute Gasteiger partial charge is 0.269 e. The van der Waals surface area contributed by atoms with E-state index in [4.69, 9.17) is 4.74 Å². The predicted molar refractivity (Wildman–Crippen MR) is 147 cm³/mol. The van der Waals surface area contributed by atoms with E-state index in [2.05, 4.69) is 16.0 Å². The third-order valence-electron chi connectivity index (χ3n) is 5.94. The third kappa shape index (κ3) is 5.41. The molecule has 37 heavy (non-hydrogen) atoms. The van der Waals surface area contributed by atoms with Crippen molar-refractivity contribution in [3.63, 3.8) is 0 Å². The highest BCUT2D eigenvalue weighted by Gasteiger charge is 2.33. The minimum Gasteiger partial charge on any atom is -0.494 e. The lowest BCUT2D eigenvalue weighted by Crippen LogP contribution is -2.31. The summed E-state index contributed by atoms with van der Waals surface area (Å²) in [5.41, 5.74) is 3.58. The Morgan fingerprint density at radius 3 is 2.57 bits per heavy atom. The topological polar surface area (TPSA) is 101 Å². The molecule has 1 aliphatic rings. The number of carbonyl (C=O) groups is 1. The summed E-state index contributed by atoms with van der Waals surface area (Å²) >= 11 is 1.30. The van der Waals surface area contributed by atoms with Gasteiger partial charge >= 0.3 is 0 Å². The average Bonchev–Trinajstić information content (AvgIpc) is 3.45. The molecule has 5 rings (SSSR count). The van der Waals surface area contributed by atoms with Crippen LogP contribution in [0.25, 0.3) is 17.0 Å².